The smallest absolute Gasteiger partial charge is 0.265 e. The van der Waals surface area contributed by atoms with Gasteiger partial charge in [0.25, 0.3) is 5.91 Å². The molecule has 0 saturated heterocycles. The highest BCUT2D eigenvalue weighted by atomic mass is 16.6. The summed E-state index contributed by atoms with van der Waals surface area (Å²) in [6, 6.07) is 15.1. The molecule has 23 heavy (non-hydrogen) atoms. The maximum atomic E-state index is 11.9. The van der Waals surface area contributed by atoms with E-state index in [2.05, 4.69) is 10.5 Å². The summed E-state index contributed by atoms with van der Waals surface area (Å²) in [5.41, 5.74) is 2.66. The lowest BCUT2D eigenvalue weighted by molar-refractivity contribution is -0.120. The number of hydrogen-bond acceptors (Lipinski definition) is 4. The predicted octanol–water partition coefficient (Wildman–Crippen LogP) is 3.38. The van der Waals surface area contributed by atoms with Crippen LogP contribution in [0, 0.1) is 6.92 Å². The van der Waals surface area contributed by atoms with Crippen LogP contribution in [0.3, 0.4) is 0 Å². The lowest BCUT2D eigenvalue weighted by atomic mass is 10.1. The Bertz CT molecular complexity index is 683. The zero-order chi connectivity index (χ0) is 16.5. The predicted molar refractivity (Wildman–Crippen MR) is 91.0 cm³/mol. The summed E-state index contributed by atoms with van der Waals surface area (Å²) in [5, 5.41) is 6.57. The summed E-state index contributed by atoms with van der Waals surface area (Å²) in [5.74, 6) is 0.339. The maximum Gasteiger partial charge on any atom is 0.265 e. The molecule has 0 aliphatic rings. The van der Waals surface area contributed by atoms with Crippen LogP contribution in [0.15, 0.2) is 53.7 Å². The molecule has 0 heterocycles. The molecule has 1 N–H and O–H groups in total. The molecule has 2 aromatic carbocycles. The molecule has 2 aromatic rings. The van der Waals surface area contributed by atoms with Gasteiger partial charge in [-0.3, -0.25) is 4.79 Å². The Kier molecular flexibility index (Phi) is 6.17. The lowest BCUT2D eigenvalue weighted by Crippen LogP contribution is -2.17. The molecule has 0 saturated carbocycles. The monoisotopic (exact) mass is 312 g/mol. The zero-order valence-corrected chi connectivity index (χ0v) is 13.3. The van der Waals surface area contributed by atoms with Crippen molar-refractivity contribution < 1.29 is 14.4 Å². The zero-order valence-electron chi connectivity index (χ0n) is 13.3. The molecule has 0 fully saturated rings. The van der Waals surface area contributed by atoms with E-state index in [-0.39, 0.29) is 12.5 Å². The average Bonchev–Trinajstić information content (AvgIpc) is 2.55. The number of para-hydroxylation sites is 2. The first-order valence-electron chi connectivity index (χ1n) is 7.43. The highest BCUT2D eigenvalue weighted by Gasteiger charge is 2.07. The first kappa shape index (κ1) is 16.5. The molecule has 0 aromatic heterocycles. The highest BCUT2D eigenvalue weighted by Crippen LogP contribution is 2.23. The standard InChI is InChI=1S/C18H20N2O3/c1-3-22-17-11-7-6-10-16(17)20-18(21)13-23-19-12-15-9-5-4-8-14(15)2/h4-12H,3,13H2,1-2H3,(H,20,21)/b19-12-. The second-order valence-electron chi connectivity index (χ2n) is 4.84. The largest absolute Gasteiger partial charge is 0.492 e. The molecular weight excluding hydrogens is 292 g/mol. The van der Waals surface area contributed by atoms with Crippen molar-refractivity contribution in [1.82, 2.24) is 0 Å². The Morgan fingerprint density at radius 3 is 2.70 bits per heavy atom. The molecule has 5 heteroatoms. The van der Waals surface area contributed by atoms with E-state index in [4.69, 9.17) is 9.57 Å². The molecular formula is C18H20N2O3. The fourth-order valence-electron chi connectivity index (χ4n) is 1.96. The molecule has 0 unspecified atom stereocenters. The third-order valence-corrected chi connectivity index (χ3v) is 3.11. The second-order valence-corrected chi connectivity index (χ2v) is 4.84. The third-order valence-electron chi connectivity index (χ3n) is 3.11. The molecule has 0 radical (unpaired) electrons. The van der Waals surface area contributed by atoms with Gasteiger partial charge in [-0.1, -0.05) is 41.6 Å². The normalized spacial score (nSPS) is 10.5. The lowest BCUT2D eigenvalue weighted by Gasteiger charge is -2.10. The van der Waals surface area contributed by atoms with Crippen LogP contribution >= 0.6 is 0 Å². The average molecular weight is 312 g/mol. The van der Waals surface area contributed by atoms with Crippen LogP contribution < -0.4 is 10.1 Å². The number of amides is 1. The number of benzene rings is 2. The van der Waals surface area contributed by atoms with Crippen molar-refractivity contribution in [2.24, 2.45) is 5.16 Å². The van der Waals surface area contributed by atoms with Crippen LogP contribution in [0.2, 0.25) is 0 Å². The van der Waals surface area contributed by atoms with Gasteiger partial charge in [-0.2, -0.15) is 0 Å². The molecule has 0 aliphatic carbocycles. The minimum absolute atomic E-state index is 0.164. The number of nitrogens with one attached hydrogen (secondary N) is 1. The number of ether oxygens (including phenoxy) is 1. The van der Waals surface area contributed by atoms with E-state index in [9.17, 15) is 4.79 Å². The Balaban J connectivity index is 1.85. The van der Waals surface area contributed by atoms with Crippen molar-refractivity contribution in [2.75, 3.05) is 18.5 Å². The number of hydrogen-bond donors (Lipinski definition) is 1. The third kappa shape index (κ3) is 5.14. The number of rotatable bonds is 7. The highest BCUT2D eigenvalue weighted by molar-refractivity contribution is 5.93. The molecule has 0 spiro atoms. The number of nitrogens with zero attached hydrogens (tertiary/aromatic N) is 1. The fourth-order valence-corrected chi connectivity index (χ4v) is 1.96. The number of aryl methyl sites for hydroxylation is 1. The van der Waals surface area contributed by atoms with Crippen LogP contribution in [0.25, 0.3) is 0 Å². The minimum Gasteiger partial charge on any atom is -0.492 e. The van der Waals surface area contributed by atoms with E-state index in [0.717, 1.165) is 11.1 Å². The fraction of sp³-hybridized carbons (Fsp3) is 0.222. The van der Waals surface area contributed by atoms with E-state index in [1.54, 1.807) is 18.3 Å². The summed E-state index contributed by atoms with van der Waals surface area (Å²) in [4.78, 5) is 16.9. The van der Waals surface area contributed by atoms with Gasteiger partial charge in [0.2, 0.25) is 0 Å². The van der Waals surface area contributed by atoms with Gasteiger partial charge >= 0.3 is 0 Å². The van der Waals surface area contributed by atoms with Gasteiger partial charge in [-0.15, -0.1) is 0 Å². The Hall–Kier alpha value is -2.82. The van der Waals surface area contributed by atoms with Gasteiger partial charge in [0.05, 0.1) is 18.5 Å². The van der Waals surface area contributed by atoms with E-state index in [1.165, 1.54) is 0 Å². The van der Waals surface area contributed by atoms with Crippen LogP contribution in [0.1, 0.15) is 18.1 Å². The quantitative estimate of drug-likeness (QED) is 0.630. The summed E-state index contributed by atoms with van der Waals surface area (Å²) in [6.45, 7) is 4.24. The molecule has 120 valence electrons. The Labute approximate surface area is 135 Å². The molecule has 1 amide bonds. The van der Waals surface area contributed by atoms with Gasteiger partial charge in [0.15, 0.2) is 6.61 Å². The Morgan fingerprint density at radius 2 is 1.91 bits per heavy atom. The second kappa shape index (κ2) is 8.58. The van der Waals surface area contributed by atoms with E-state index in [1.807, 2.05) is 50.2 Å². The van der Waals surface area contributed by atoms with Crippen molar-refractivity contribution in [3.63, 3.8) is 0 Å². The molecule has 5 nitrogen and oxygen atoms in total. The summed E-state index contributed by atoms with van der Waals surface area (Å²) in [7, 11) is 0. The maximum absolute atomic E-state index is 11.9. The number of oxime groups is 1. The SMILES string of the molecule is CCOc1ccccc1NC(=O)CO/N=C\c1ccccc1C. The minimum atomic E-state index is -0.293. The number of carbonyl (C=O) groups is 1. The van der Waals surface area contributed by atoms with Crippen LogP contribution in [0.5, 0.6) is 5.75 Å². The van der Waals surface area contributed by atoms with Crippen molar-refractivity contribution in [3.05, 3.63) is 59.7 Å². The molecule has 0 bridgehead atoms. The van der Waals surface area contributed by atoms with Crippen molar-refractivity contribution >= 4 is 17.8 Å². The summed E-state index contributed by atoms with van der Waals surface area (Å²) >= 11 is 0. The molecule has 0 atom stereocenters. The van der Waals surface area contributed by atoms with Gasteiger partial charge in [-0.05, 0) is 37.1 Å². The first-order chi connectivity index (χ1) is 11.2. The summed E-state index contributed by atoms with van der Waals surface area (Å²) < 4.78 is 5.45. The summed E-state index contributed by atoms with van der Waals surface area (Å²) in [6.07, 6.45) is 1.59. The van der Waals surface area contributed by atoms with E-state index >= 15 is 0 Å². The van der Waals surface area contributed by atoms with Crippen LogP contribution in [-0.4, -0.2) is 25.3 Å². The van der Waals surface area contributed by atoms with Crippen LogP contribution in [-0.2, 0) is 9.63 Å². The van der Waals surface area contributed by atoms with Crippen LogP contribution in [0.4, 0.5) is 5.69 Å². The molecule has 2 rings (SSSR count). The van der Waals surface area contributed by atoms with Gasteiger partial charge in [0, 0.05) is 0 Å². The first-order valence-corrected chi connectivity index (χ1v) is 7.43. The van der Waals surface area contributed by atoms with E-state index < -0.39 is 0 Å². The Morgan fingerprint density at radius 1 is 1.17 bits per heavy atom. The number of carbonyl (C=O) groups excluding carboxylic acids is 1. The van der Waals surface area contributed by atoms with Crippen molar-refractivity contribution in [3.8, 4) is 5.75 Å². The number of anilines is 1. The molecule has 0 aliphatic heterocycles. The van der Waals surface area contributed by atoms with Gasteiger partial charge in [-0.25, -0.2) is 0 Å². The van der Waals surface area contributed by atoms with Gasteiger partial charge < -0.3 is 14.9 Å². The topological polar surface area (TPSA) is 59.9 Å². The van der Waals surface area contributed by atoms with E-state index in [0.29, 0.717) is 18.0 Å². The van der Waals surface area contributed by atoms with Gasteiger partial charge in [0.1, 0.15) is 5.75 Å². The van der Waals surface area contributed by atoms with Crippen molar-refractivity contribution in [2.45, 2.75) is 13.8 Å². The van der Waals surface area contributed by atoms with Crippen molar-refractivity contribution in [1.29, 1.82) is 0 Å².